The number of carbonyl (C=O) groups is 1. The van der Waals surface area contributed by atoms with E-state index in [1.807, 2.05) is 6.92 Å². The molecule has 90 valence electrons. The molecule has 4 heteroatoms. The number of fused-ring (bicyclic) bond motifs is 1. The van der Waals surface area contributed by atoms with Crippen molar-refractivity contribution in [2.24, 2.45) is 0 Å². The Morgan fingerprint density at radius 3 is 2.50 bits per heavy atom. The lowest BCUT2D eigenvalue weighted by Crippen LogP contribution is -2.42. The zero-order valence-electron chi connectivity index (χ0n) is 9.77. The molecule has 1 saturated carbocycles. The van der Waals surface area contributed by atoms with Crippen LogP contribution in [0.5, 0.6) is 0 Å². The van der Waals surface area contributed by atoms with Crippen LogP contribution in [0.25, 0.3) is 0 Å². The standard InChI is InChI=1S/C12H18O4/c1-8-9-10(11(2,7-13)14-8)16-12(15-9)5-3-4-6-12/h7-10H,3-6H2,1-2H3/t8-,9-,10-,11?/m0/s1. The van der Waals surface area contributed by atoms with Gasteiger partial charge in [-0.2, -0.15) is 0 Å². The third kappa shape index (κ3) is 1.30. The predicted molar refractivity (Wildman–Crippen MR) is 56.0 cm³/mol. The van der Waals surface area contributed by atoms with E-state index in [-0.39, 0.29) is 18.3 Å². The summed E-state index contributed by atoms with van der Waals surface area (Å²) in [6.45, 7) is 3.74. The van der Waals surface area contributed by atoms with E-state index < -0.39 is 11.4 Å². The number of carbonyl (C=O) groups excluding carboxylic acids is 1. The molecule has 0 bridgehead atoms. The highest BCUT2D eigenvalue weighted by Crippen LogP contribution is 2.49. The zero-order valence-corrected chi connectivity index (χ0v) is 9.77. The molecular formula is C12H18O4. The fraction of sp³-hybridized carbons (Fsp3) is 0.917. The van der Waals surface area contributed by atoms with Gasteiger partial charge in [-0.05, 0) is 26.7 Å². The topological polar surface area (TPSA) is 44.8 Å². The molecule has 0 N–H and O–H groups in total. The highest BCUT2D eigenvalue weighted by Gasteiger charge is 2.62. The van der Waals surface area contributed by atoms with E-state index in [1.165, 1.54) is 0 Å². The number of ether oxygens (including phenoxy) is 3. The van der Waals surface area contributed by atoms with Gasteiger partial charge in [0.15, 0.2) is 12.1 Å². The average molecular weight is 226 g/mol. The van der Waals surface area contributed by atoms with Crippen LogP contribution in [0, 0.1) is 0 Å². The summed E-state index contributed by atoms with van der Waals surface area (Å²) in [5, 5.41) is 0. The monoisotopic (exact) mass is 226 g/mol. The Labute approximate surface area is 95.2 Å². The Morgan fingerprint density at radius 2 is 1.88 bits per heavy atom. The first-order valence-electron chi connectivity index (χ1n) is 6.08. The summed E-state index contributed by atoms with van der Waals surface area (Å²) in [6, 6.07) is 0. The molecule has 0 aromatic heterocycles. The molecule has 2 saturated heterocycles. The maximum absolute atomic E-state index is 11.2. The molecule has 0 aromatic rings. The first-order chi connectivity index (χ1) is 7.59. The van der Waals surface area contributed by atoms with Crippen molar-refractivity contribution >= 4 is 6.29 Å². The van der Waals surface area contributed by atoms with E-state index in [0.29, 0.717) is 0 Å². The fourth-order valence-electron chi connectivity index (χ4n) is 3.20. The minimum atomic E-state index is -0.837. The van der Waals surface area contributed by atoms with Crippen LogP contribution >= 0.6 is 0 Å². The van der Waals surface area contributed by atoms with Gasteiger partial charge in [-0.1, -0.05) is 0 Å². The highest BCUT2D eigenvalue weighted by atomic mass is 16.8. The first-order valence-corrected chi connectivity index (χ1v) is 6.08. The van der Waals surface area contributed by atoms with Crippen LogP contribution in [0.15, 0.2) is 0 Å². The van der Waals surface area contributed by atoms with Gasteiger partial charge in [0.25, 0.3) is 0 Å². The molecule has 2 heterocycles. The molecule has 4 atom stereocenters. The van der Waals surface area contributed by atoms with Gasteiger partial charge in [-0.3, -0.25) is 0 Å². The summed E-state index contributed by atoms with van der Waals surface area (Å²) in [6.07, 6.45) is 4.64. The van der Waals surface area contributed by atoms with Crippen LogP contribution in [0.1, 0.15) is 39.5 Å². The van der Waals surface area contributed by atoms with Crippen LogP contribution in [-0.4, -0.2) is 36.0 Å². The summed E-state index contributed by atoms with van der Waals surface area (Å²) in [5.41, 5.74) is -0.837. The van der Waals surface area contributed by atoms with E-state index in [0.717, 1.165) is 32.0 Å². The van der Waals surface area contributed by atoms with Gasteiger partial charge in [-0.15, -0.1) is 0 Å². The second-order valence-electron chi connectivity index (χ2n) is 5.36. The van der Waals surface area contributed by atoms with Gasteiger partial charge in [-0.25, -0.2) is 0 Å². The van der Waals surface area contributed by atoms with Gasteiger partial charge >= 0.3 is 0 Å². The van der Waals surface area contributed by atoms with E-state index in [4.69, 9.17) is 14.2 Å². The summed E-state index contributed by atoms with van der Waals surface area (Å²) in [5.74, 6) is -0.419. The third-order valence-electron chi connectivity index (χ3n) is 4.06. The maximum Gasteiger partial charge on any atom is 0.169 e. The molecule has 4 nitrogen and oxygen atoms in total. The van der Waals surface area contributed by atoms with Crippen LogP contribution in [0.3, 0.4) is 0 Å². The van der Waals surface area contributed by atoms with Crippen LogP contribution in [0.4, 0.5) is 0 Å². The molecule has 1 spiro atoms. The van der Waals surface area contributed by atoms with Crippen molar-refractivity contribution in [2.75, 3.05) is 0 Å². The van der Waals surface area contributed by atoms with Crippen molar-refractivity contribution < 1.29 is 19.0 Å². The zero-order chi connectivity index (χ0) is 11.4. The van der Waals surface area contributed by atoms with Crippen LogP contribution in [0.2, 0.25) is 0 Å². The summed E-state index contributed by atoms with van der Waals surface area (Å²) in [7, 11) is 0. The molecule has 0 radical (unpaired) electrons. The molecule has 0 aromatic carbocycles. The molecule has 16 heavy (non-hydrogen) atoms. The largest absolute Gasteiger partial charge is 0.359 e. The Hall–Kier alpha value is -0.450. The Balaban J connectivity index is 1.87. The number of hydrogen-bond donors (Lipinski definition) is 0. The minimum absolute atomic E-state index is 0.0693. The molecule has 3 rings (SSSR count). The Bertz CT molecular complexity index is 310. The highest BCUT2D eigenvalue weighted by molar-refractivity contribution is 5.64. The second-order valence-corrected chi connectivity index (χ2v) is 5.36. The Morgan fingerprint density at radius 1 is 1.19 bits per heavy atom. The average Bonchev–Trinajstić information content (AvgIpc) is 2.91. The van der Waals surface area contributed by atoms with Crippen LogP contribution in [-0.2, 0) is 19.0 Å². The molecule has 3 fully saturated rings. The van der Waals surface area contributed by atoms with E-state index in [1.54, 1.807) is 6.92 Å². The molecule has 2 aliphatic heterocycles. The van der Waals surface area contributed by atoms with Gasteiger partial charge in [0.2, 0.25) is 0 Å². The van der Waals surface area contributed by atoms with E-state index in [2.05, 4.69) is 0 Å². The van der Waals surface area contributed by atoms with Crippen molar-refractivity contribution in [3.63, 3.8) is 0 Å². The quantitative estimate of drug-likeness (QED) is 0.634. The van der Waals surface area contributed by atoms with Crippen molar-refractivity contribution in [1.29, 1.82) is 0 Å². The third-order valence-corrected chi connectivity index (χ3v) is 4.06. The van der Waals surface area contributed by atoms with Crippen molar-refractivity contribution in [3.05, 3.63) is 0 Å². The van der Waals surface area contributed by atoms with E-state index in [9.17, 15) is 4.79 Å². The lowest BCUT2D eigenvalue weighted by atomic mass is 9.99. The minimum Gasteiger partial charge on any atom is -0.359 e. The molecular weight excluding hydrogens is 208 g/mol. The molecule has 0 amide bonds. The van der Waals surface area contributed by atoms with Gasteiger partial charge in [0.1, 0.15) is 17.8 Å². The summed E-state index contributed by atoms with van der Waals surface area (Å²) >= 11 is 0. The van der Waals surface area contributed by atoms with Crippen molar-refractivity contribution in [1.82, 2.24) is 0 Å². The number of hydrogen-bond acceptors (Lipinski definition) is 4. The number of aldehydes is 1. The van der Waals surface area contributed by atoms with E-state index >= 15 is 0 Å². The van der Waals surface area contributed by atoms with Crippen molar-refractivity contribution in [2.45, 2.75) is 69.2 Å². The second kappa shape index (κ2) is 3.28. The first kappa shape index (κ1) is 10.7. The molecule has 1 aliphatic carbocycles. The maximum atomic E-state index is 11.2. The normalized spacial score (nSPS) is 49.8. The predicted octanol–water partition coefficient (Wildman–Crippen LogP) is 1.42. The van der Waals surface area contributed by atoms with Crippen molar-refractivity contribution in [3.8, 4) is 0 Å². The fourth-order valence-corrected chi connectivity index (χ4v) is 3.20. The lowest BCUT2D eigenvalue weighted by Gasteiger charge is -2.28. The summed E-state index contributed by atoms with van der Waals surface area (Å²) in [4.78, 5) is 11.2. The van der Waals surface area contributed by atoms with Crippen LogP contribution < -0.4 is 0 Å². The van der Waals surface area contributed by atoms with Gasteiger partial charge < -0.3 is 19.0 Å². The molecule has 3 aliphatic rings. The SMILES string of the molecule is C[C@@H]1OC(C)(C=O)[C@H]2OC3(CCCC3)O[C@@H]12. The Kier molecular flexibility index (Phi) is 2.19. The molecule has 1 unspecified atom stereocenters. The lowest BCUT2D eigenvalue weighted by molar-refractivity contribution is -0.214. The van der Waals surface area contributed by atoms with Gasteiger partial charge in [0.05, 0.1) is 6.10 Å². The van der Waals surface area contributed by atoms with Gasteiger partial charge in [0, 0.05) is 12.8 Å². The smallest absolute Gasteiger partial charge is 0.169 e. The summed E-state index contributed by atoms with van der Waals surface area (Å²) < 4.78 is 17.7. The number of rotatable bonds is 1.